The largest absolute Gasteiger partial charge is 0.493 e. The van der Waals surface area contributed by atoms with E-state index in [9.17, 15) is 4.79 Å². The zero-order valence-electron chi connectivity index (χ0n) is 14.0. The van der Waals surface area contributed by atoms with Crippen LogP contribution in [0.25, 0.3) is 0 Å². The predicted octanol–water partition coefficient (Wildman–Crippen LogP) is 2.96. The van der Waals surface area contributed by atoms with Gasteiger partial charge in [0, 0.05) is 12.0 Å². The van der Waals surface area contributed by atoms with E-state index in [0.717, 1.165) is 36.3 Å². The minimum atomic E-state index is 0.101. The minimum Gasteiger partial charge on any atom is -0.493 e. The lowest BCUT2D eigenvalue weighted by Crippen LogP contribution is -2.39. The Morgan fingerprint density at radius 1 is 1.22 bits per heavy atom. The van der Waals surface area contributed by atoms with E-state index in [1.165, 1.54) is 0 Å². The van der Waals surface area contributed by atoms with Gasteiger partial charge in [-0.15, -0.1) is 0 Å². The van der Waals surface area contributed by atoms with Crippen LogP contribution >= 0.6 is 0 Å². The number of allylic oxidation sites excluding steroid dienone is 2. The van der Waals surface area contributed by atoms with Gasteiger partial charge in [0.2, 0.25) is 5.91 Å². The van der Waals surface area contributed by atoms with E-state index in [1.54, 1.807) is 14.2 Å². The molecule has 3 rings (SSSR count). The summed E-state index contributed by atoms with van der Waals surface area (Å²) in [6.45, 7) is 2.05. The molecule has 4 atom stereocenters. The lowest BCUT2D eigenvalue weighted by atomic mass is 9.92. The van der Waals surface area contributed by atoms with Gasteiger partial charge in [0.15, 0.2) is 11.5 Å². The monoisotopic (exact) mass is 315 g/mol. The molecule has 1 saturated carbocycles. The average Bonchev–Trinajstić information content (AvgIpc) is 3.17. The van der Waals surface area contributed by atoms with E-state index in [0.29, 0.717) is 11.8 Å². The second-order valence-electron chi connectivity index (χ2n) is 6.69. The Balaban J connectivity index is 1.58. The van der Waals surface area contributed by atoms with Gasteiger partial charge in [-0.3, -0.25) is 4.79 Å². The van der Waals surface area contributed by atoms with Crippen LogP contribution in [0.1, 0.15) is 25.3 Å². The number of benzene rings is 1. The van der Waals surface area contributed by atoms with Crippen LogP contribution in [0.2, 0.25) is 0 Å². The van der Waals surface area contributed by atoms with Gasteiger partial charge in [-0.25, -0.2) is 0 Å². The zero-order chi connectivity index (χ0) is 16.4. The summed E-state index contributed by atoms with van der Waals surface area (Å²) >= 11 is 0. The fraction of sp³-hybridized carbons (Fsp3) is 0.526. The molecule has 2 aliphatic carbocycles. The van der Waals surface area contributed by atoms with Crippen LogP contribution in [0.15, 0.2) is 30.4 Å². The van der Waals surface area contributed by atoms with E-state index in [2.05, 4.69) is 24.4 Å². The third-order valence-corrected chi connectivity index (χ3v) is 4.99. The van der Waals surface area contributed by atoms with E-state index < -0.39 is 0 Å². The molecule has 23 heavy (non-hydrogen) atoms. The second kappa shape index (κ2) is 6.65. The van der Waals surface area contributed by atoms with Crippen LogP contribution < -0.4 is 14.8 Å². The van der Waals surface area contributed by atoms with Crippen LogP contribution in [0, 0.1) is 17.8 Å². The number of methoxy groups -OCH3 is 2. The molecular weight excluding hydrogens is 290 g/mol. The van der Waals surface area contributed by atoms with E-state index in [-0.39, 0.29) is 17.9 Å². The third-order valence-electron chi connectivity index (χ3n) is 4.99. The van der Waals surface area contributed by atoms with Crippen molar-refractivity contribution in [1.29, 1.82) is 0 Å². The fourth-order valence-corrected chi connectivity index (χ4v) is 3.84. The molecule has 2 aliphatic rings. The third kappa shape index (κ3) is 3.36. The molecule has 0 aliphatic heterocycles. The van der Waals surface area contributed by atoms with Gasteiger partial charge >= 0.3 is 0 Å². The number of rotatable bonds is 6. The van der Waals surface area contributed by atoms with Gasteiger partial charge in [-0.1, -0.05) is 18.2 Å². The van der Waals surface area contributed by atoms with Gasteiger partial charge in [0.1, 0.15) is 0 Å². The maximum absolute atomic E-state index is 12.5. The molecule has 124 valence electrons. The predicted molar refractivity (Wildman–Crippen MR) is 89.7 cm³/mol. The Kier molecular flexibility index (Phi) is 4.60. The summed E-state index contributed by atoms with van der Waals surface area (Å²) in [4.78, 5) is 12.5. The molecule has 0 heterocycles. The number of carbonyl (C=O) groups is 1. The summed E-state index contributed by atoms with van der Waals surface area (Å²) in [5.74, 6) is 2.89. The quantitative estimate of drug-likeness (QED) is 0.821. The summed E-state index contributed by atoms with van der Waals surface area (Å²) < 4.78 is 10.6. The molecular formula is C19H25NO3. The summed E-state index contributed by atoms with van der Waals surface area (Å²) in [5, 5.41) is 3.18. The van der Waals surface area contributed by atoms with Gasteiger partial charge in [0.25, 0.3) is 0 Å². The van der Waals surface area contributed by atoms with Gasteiger partial charge < -0.3 is 14.8 Å². The highest BCUT2D eigenvalue weighted by molar-refractivity contribution is 5.80. The van der Waals surface area contributed by atoms with Crippen molar-refractivity contribution in [2.75, 3.05) is 14.2 Å². The van der Waals surface area contributed by atoms with Crippen molar-refractivity contribution in [2.24, 2.45) is 17.8 Å². The summed E-state index contributed by atoms with van der Waals surface area (Å²) in [7, 11) is 3.26. The molecule has 0 spiro atoms. The SMILES string of the molecule is COc1ccc(CC(C)NC(=O)C2CC3C=CC2C3)cc1OC. The van der Waals surface area contributed by atoms with Crippen LogP contribution in [0.5, 0.6) is 11.5 Å². The number of hydrogen-bond acceptors (Lipinski definition) is 3. The fourth-order valence-electron chi connectivity index (χ4n) is 3.84. The van der Waals surface area contributed by atoms with Gasteiger partial charge in [-0.05, 0) is 55.7 Å². The number of carbonyl (C=O) groups excluding carboxylic acids is 1. The Bertz CT molecular complexity index is 611. The van der Waals surface area contributed by atoms with Crippen molar-refractivity contribution in [1.82, 2.24) is 5.32 Å². The first-order valence-electron chi connectivity index (χ1n) is 8.30. The topological polar surface area (TPSA) is 47.6 Å². The van der Waals surface area contributed by atoms with Crippen LogP contribution in [0.4, 0.5) is 0 Å². The van der Waals surface area contributed by atoms with Crippen molar-refractivity contribution >= 4 is 5.91 Å². The number of amides is 1. The first kappa shape index (κ1) is 15.9. The Morgan fingerprint density at radius 2 is 2.00 bits per heavy atom. The van der Waals surface area contributed by atoms with E-state index in [4.69, 9.17) is 9.47 Å². The van der Waals surface area contributed by atoms with Crippen molar-refractivity contribution in [3.8, 4) is 11.5 Å². The highest BCUT2D eigenvalue weighted by atomic mass is 16.5. The molecule has 2 bridgehead atoms. The molecule has 1 amide bonds. The molecule has 1 aromatic rings. The van der Waals surface area contributed by atoms with Gasteiger partial charge in [0.05, 0.1) is 14.2 Å². The van der Waals surface area contributed by atoms with Crippen molar-refractivity contribution in [3.05, 3.63) is 35.9 Å². The molecule has 0 aromatic heterocycles. The van der Waals surface area contributed by atoms with Crippen LogP contribution in [0.3, 0.4) is 0 Å². The Hall–Kier alpha value is -1.97. The van der Waals surface area contributed by atoms with E-state index >= 15 is 0 Å². The molecule has 4 unspecified atom stereocenters. The number of fused-ring (bicyclic) bond motifs is 2. The van der Waals surface area contributed by atoms with Crippen molar-refractivity contribution < 1.29 is 14.3 Å². The maximum Gasteiger partial charge on any atom is 0.223 e. The Labute approximate surface area is 137 Å². The summed E-state index contributed by atoms with van der Waals surface area (Å²) in [5.41, 5.74) is 1.13. The standard InChI is InChI=1S/C19H25NO3/c1-12(8-13-5-7-17(22-2)18(11-13)23-3)20-19(21)16-10-14-4-6-15(16)9-14/h4-7,11-12,14-16H,8-10H2,1-3H3,(H,20,21). The van der Waals surface area contributed by atoms with Crippen LogP contribution in [-0.4, -0.2) is 26.2 Å². The number of ether oxygens (including phenoxy) is 2. The minimum absolute atomic E-state index is 0.101. The molecule has 1 aromatic carbocycles. The normalized spacial score (nSPS) is 26.1. The average molecular weight is 315 g/mol. The second-order valence-corrected chi connectivity index (χ2v) is 6.69. The van der Waals surface area contributed by atoms with E-state index in [1.807, 2.05) is 18.2 Å². The molecule has 0 radical (unpaired) electrons. The molecule has 4 nitrogen and oxygen atoms in total. The lowest BCUT2D eigenvalue weighted by Gasteiger charge is -2.21. The van der Waals surface area contributed by atoms with Crippen LogP contribution in [-0.2, 0) is 11.2 Å². The lowest BCUT2D eigenvalue weighted by molar-refractivity contribution is -0.126. The van der Waals surface area contributed by atoms with Crippen molar-refractivity contribution in [3.63, 3.8) is 0 Å². The molecule has 4 heteroatoms. The smallest absolute Gasteiger partial charge is 0.223 e. The highest BCUT2D eigenvalue weighted by Crippen LogP contribution is 2.43. The molecule has 1 N–H and O–H groups in total. The van der Waals surface area contributed by atoms with Gasteiger partial charge in [-0.2, -0.15) is 0 Å². The molecule has 1 fully saturated rings. The first-order valence-corrected chi connectivity index (χ1v) is 8.30. The maximum atomic E-state index is 12.5. The van der Waals surface area contributed by atoms with Crippen molar-refractivity contribution in [2.45, 2.75) is 32.2 Å². The Morgan fingerprint density at radius 3 is 2.61 bits per heavy atom. The first-order chi connectivity index (χ1) is 11.1. The molecule has 0 saturated heterocycles. The zero-order valence-corrected chi connectivity index (χ0v) is 14.0. The highest BCUT2D eigenvalue weighted by Gasteiger charge is 2.39. The summed E-state index contributed by atoms with van der Waals surface area (Å²) in [6.07, 6.45) is 7.43. The summed E-state index contributed by atoms with van der Waals surface area (Å²) in [6, 6.07) is 6.00. The number of hydrogen-bond donors (Lipinski definition) is 1. The number of nitrogens with one attached hydrogen (secondary N) is 1.